The van der Waals surface area contributed by atoms with Crippen molar-refractivity contribution in [1.29, 1.82) is 0 Å². The third kappa shape index (κ3) is 5.65. The Morgan fingerprint density at radius 1 is 0.833 bits per heavy atom. The van der Waals surface area contributed by atoms with Crippen LogP contribution in [-0.2, 0) is 24.2 Å². The molecule has 4 aromatic carbocycles. The van der Waals surface area contributed by atoms with E-state index in [1.807, 2.05) is 18.2 Å². The molecule has 1 amide bonds. The number of nitrogens with one attached hydrogen (secondary N) is 1. The molecule has 0 radical (unpaired) electrons. The molecule has 5 rings (SSSR count). The first-order valence-corrected chi connectivity index (χ1v) is 12.9. The molecule has 182 valence electrons. The molecule has 0 aliphatic heterocycles. The monoisotopic (exact) mass is 475 g/mol. The summed E-state index contributed by atoms with van der Waals surface area (Å²) in [5.74, 6) is 1.23. The molecule has 0 fully saturated rings. The SMILES string of the molecule is Cc1ccccc1CC(=O)NCCCCCc1nc2ccccc2n1Cc1ccc2ccccc2c1. The van der Waals surface area contributed by atoms with Crippen LogP contribution in [0.5, 0.6) is 0 Å². The molecule has 4 nitrogen and oxygen atoms in total. The predicted octanol–water partition coefficient (Wildman–Crippen LogP) is 6.62. The van der Waals surface area contributed by atoms with Crippen LogP contribution in [0.25, 0.3) is 21.8 Å². The number of hydrogen-bond donors (Lipinski definition) is 1. The van der Waals surface area contributed by atoms with Crippen LogP contribution in [0.1, 0.15) is 41.8 Å². The number of fused-ring (bicyclic) bond motifs is 2. The maximum Gasteiger partial charge on any atom is 0.224 e. The lowest BCUT2D eigenvalue weighted by atomic mass is 10.1. The second-order valence-electron chi connectivity index (χ2n) is 9.55. The molecular weight excluding hydrogens is 442 g/mol. The number of hydrogen-bond acceptors (Lipinski definition) is 2. The molecule has 5 aromatic rings. The van der Waals surface area contributed by atoms with Crippen molar-refractivity contribution in [3.05, 3.63) is 114 Å². The fourth-order valence-electron chi connectivity index (χ4n) is 4.87. The topological polar surface area (TPSA) is 46.9 Å². The van der Waals surface area contributed by atoms with E-state index < -0.39 is 0 Å². The minimum absolute atomic E-state index is 0.0986. The van der Waals surface area contributed by atoms with E-state index in [2.05, 4.69) is 89.6 Å². The number of carbonyl (C=O) groups excluding carboxylic acids is 1. The molecular formula is C32H33N3O. The van der Waals surface area contributed by atoms with Crippen molar-refractivity contribution < 1.29 is 4.79 Å². The fourth-order valence-corrected chi connectivity index (χ4v) is 4.87. The largest absolute Gasteiger partial charge is 0.356 e. The van der Waals surface area contributed by atoms with Crippen LogP contribution in [0, 0.1) is 6.92 Å². The zero-order valence-electron chi connectivity index (χ0n) is 20.9. The predicted molar refractivity (Wildman–Crippen MR) is 148 cm³/mol. The molecule has 4 heteroatoms. The van der Waals surface area contributed by atoms with Gasteiger partial charge in [0.15, 0.2) is 0 Å². The van der Waals surface area contributed by atoms with Crippen LogP contribution in [-0.4, -0.2) is 22.0 Å². The molecule has 0 spiro atoms. The number of unbranched alkanes of at least 4 members (excludes halogenated alkanes) is 2. The van der Waals surface area contributed by atoms with Crippen molar-refractivity contribution >= 4 is 27.7 Å². The average Bonchev–Trinajstić information content (AvgIpc) is 3.24. The normalized spacial score (nSPS) is 11.2. The number of imidazole rings is 1. The summed E-state index contributed by atoms with van der Waals surface area (Å²) in [6.07, 6.45) is 4.47. The van der Waals surface area contributed by atoms with Crippen molar-refractivity contribution in [2.24, 2.45) is 0 Å². The summed E-state index contributed by atoms with van der Waals surface area (Å²) in [5, 5.41) is 5.61. The number of benzene rings is 4. The van der Waals surface area contributed by atoms with Crippen molar-refractivity contribution in [3.8, 4) is 0 Å². The van der Waals surface area contributed by atoms with E-state index >= 15 is 0 Å². The zero-order chi connectivity index (χ0) is 24.7. The first-order chi connectivity index (χ1) is 17.7. The van der Waals surface area contributed by atoms with Crippen molar-refractivity contribution in [2.45, 2.75) is 45.6 Å². The lowest BCUT2D eigenvalue weighted by Gasteiger charge is -2.11. The summed E-state index contributed by atoms with van der Waals surface area (Å²) in [5.41, 5.74) is 5.79. The molecule has 1 heterocycles. The van der Waals surface area contributed by atoms with Gasteiger partial charge in [0.2, 0.25) is 5.91 Å². The van der Waals surface area contributed by atoms with Gasteiger partial charge >= 0.3 is 0 Å². The van der Waals surface area contributed by atoms with Gasteiger partial charge in [-0.25, -0.2) is 4.98 Å². The van der Waals surface area contributed by atoms with Crippen LogP contribution in [0.4, 0.5) is 0 Å². The van der Waals surface area contributed by atoms with E-state index in [0.29, 0.717) is 6.42 Å². The fraction of sp³-hybridized carbons (Fsp3) is 0.250. The minimum atomic E-state index is 0.0986. The maximum absolute atomic E-state index is 12.3. The molecule has 1 aromatic heterocycles. The summed E-state index contributed by atoms with van der Waals surface area (Å²) in [6.45, 7) is 3.59. The second kappa shape index (κ2) is 11.2. The number of rotatable bonds is 10. The summed E-state index contributed by atoms with van der Waals surface area (Å²) >= 11 is 0. The Balaban J connectivity index is 1.17. The molecule has 1 N–H and O–H groups in total. The molecule has 0 atom stereocenters. The van der Waals surface area contributed by atoms with Crippen LogP contribution < -0.4 is 5.32 Å². The van der Waals surface area contributed by atoms with Crippen molar-refractivity contribution in [3.63, 3.8) is 0 Å². The Kier molecular flexibility index (Phi) is 7.41. The number of aryl methyl sites for hydroxylation is 2. The van der Waals surface area contributed by atoms with E-state index in [-0.39, 0.29) is 5.91 Å². The number of para-hydroxylation sites is 2. The lowest BCUT2D eigenvalue weighted by molar-refractivity contribution is -0.120. The number of carbonyl (C=O) groups is 1. The first-order valence-electron chi connectivity index (χ1n) is 12.9. The van der Waals surface area contributed by atoms with Crippen molar-refractivity contribution in [1.82, 2.24) is 14.9 Å². The van der Waals surface area contributed by atoms with Crippen LogP contribution in [0.15, 0.2) is 91.0 Å². The standard InChI is InChI=1S/C32H33N3O/c1-24-11-4-5-13-27(24)22-32(36)33-20-10-2-3-17-31-34-29-15-8-9-16-30(29)35(31)23-25-18-19-26-12-6-7-14-28(26)21-25/h4-9,11-16,18-19,21H,2-3,10,17,20,22-23H2,1H3,(H,33,36). The highest BCUT2D eigenvalue weighted by atomic mass is 16.1. The van der Waals surface area contributed by atoms with Gasteiger partial charge in [0.25, 0.3) is 0 Å². The Bertz CT molecular complexity index is 1480. The van der Waals surface area contributed by atoms with Crippen molar-refractivity contribution in [2.75, 3.05) is 6.54 Å². The highest BCUT2D eigenvalue weighted by Gasteiger charge is 2.11. The van der Waals surface area contributed by atoms with Gasteiger partial charge in [-0.3, -0.25) is 4.79 Å². The molecule has 36 heavy (non-hydrogen) atoms. The van der Waals surface area contributed by atoms with Gasteiger partial charge in [0, 0.05) is 19.5 Å². The van der Waals surface area contributed by atoms with Crippen LogP contribution >= 0.6 is 0 Å². The summed E-state index contributed by atoms with van der Waals surface area (Å²) < 4.78 is 2.36. The van der Waals surface area contributed by atoms with Crippen LogP contribution in [0.2, 0.25) is 0 Å². The summed E-state index contributed by atoms with van der Waals surface area (Å²) in [6, 6.07) is 31.7. The number of amides is 1. The van der Waals surface area contributed by atoms with E-state index in [1.54, 1.807) is 0 Å². The smallest absolute Gasteiger partial charge is 0.224 e. The zero-order valence-corrected chi connectivity index (χ0v) is 20.9. The molecule has 0 aliphatic carbocycles. The van der Waals surface area contributed by atoms with Gasteiger partial charge < -0.3 is 9.88 Å². The Morgan fingerprint density at radius 3 is 2.50 bits per heavy atom. The molecule has 0 unspecified atom stereocenters. The third-order valence-corrected chi connectivity index (χ3v) is 6.90. The van der Waals surface area contributed by atoms with Gasteiger partial charge in [-0.15, -0.1) is 0 Å². The first kappa shape index (κ1) is 23.8. The van der Waals surface area contributed by atoms with Gasteiger partial charge in [0.05, 0.1) is 17.5 Å². The average molecular weight is 476 g/mol. The summed E-state index contributed by atoms with van der Waals surface area (Å²) in [7, 11) is 0. The van der Waals surface area contributed by atoms with E-state index in [9.17, 15) is 4.79 Å². The third-order valence-electron chi connectivity index (χ3n) is 6.90. The van der Waals surface area contributed by atoms with Gasteiger partial charge in [-0.1, -0.05) is 79.2 Å². The number of aromatic nitrogens is 2. The minimum Gasteiger partial charge on any atom is -0.356 e. The van der Waals surface area contributed by atoms with E-state index in [0.717, 1.165) is 55.7 Å². The second-order valence-corrected chi connectivity index (χ2v) is 9.55. The maximum atomic E-state index is 12.3. The molecule has 0 saturated heterocycles. The Labute approximate surface area is 213 Å². The Hall–Kier alpha value is -3.92. The molecule has 0 saturated carbocycles. The van der Waals surface area contributed by atoms with Gasteiger partial charge in [-0.05, 0) is 65.4 Å². The summed E-state index contributed by atoms with van der Waals surface area (Å²) in [4.78, 5) is 17.3. The molecule has 0 bridgehead atoms. The van der Waals surface area contributed by atoms with E-state index in [1.165, 1.54) is 27.4 Å². The van der Waals surface area contributed by atoms with E-state index in [4.69, 9.17) is 4.98 Å². The van der Waals surface area contributed by atoms with Crippen LogP contribution in [0.3, 0.4) is 0 Å². The van der Waals surface area contributed by atoms with Gasteiger partial charge in [0.1, 0.15) is 5.82 Å². The quantitative estimate of drug-likeness (QED) is 0.231. The number of nitrogens with zero attached hydrogens (tertiary/aromatic N) is 2. The Morgan fingerprint density at radius 2 is 1.61 bits per heavy atom. The van der Waals surface area contributed by atoms with Gasteiger partial charge in [-0.2, -0.15) is 0 Å². The molecule has 0 aliphatic rings. The highest BCUT2D eigenvalue weighted by molar-refractivity contribution is 5.83. The lowest BCUT2D eigenvalue weighted by Crippen LogP contribution is -2.26. The highest BCUT2D eigenvalue weighted by Crippen LogP contribution is 2.22.